The summed E-state index contributed by atoms with van der Waals surface area (Å²) in [5.41, 5.74) is 2.68. The molecule has 0 saturated heterocycles. The van der Waals surface area contributed by atoms with Crippen molar-refractivity contribution in [2.75, 3.05) is 5.32 Å². The van der Waals surface area contributed by atoms with Crippen LogP contribution < -0.4 is 5.32 Å². The Kier molecular flexibility index (Phi) is 4.52. The van der Waals surface area contributed by atoms with Crippen LogP contribution in [0.15, 0.2) is 78.1 Å². The van der Waals surface area contributed by atoms with E-state index in [2.05, 4.69) is 10.3 Å². The molecule has 3 heterocycles. The van der Waals surface area contributed by atoms with E-state index in [-0.39, 0.29) is 5.57 Å². The van der Waals surface area contributed by atoms with E-state index >= 15 is 0 Å². The first kappa shape index (κ1) is 16.8. The fraction of sp³-hybridized carbons (Fsp3) is 0. The fourth-order valence-corrected chi connectivity index (χ4v) is 3.52. The lowest BCUT2D eigenvalue weighted by Gasteiger charge is -2.08. The van der Waals surface area contributed by atoms with E-state index in [4.69, 9.17) is 0 Å². The van der Waals surface area contributed by atoms with Crippen molar-refractivity contribution in [1.29, 1.82) is 5.26 Å². The van der Waals surface area contributed by atoms with E-state index in [1.807, 2.05) is 70.7 Å². The van der Waals surface area contributed by atoms with Gasteiger partial charge < -0.3 is 9.88 Å². The van der Waals surface area contributed by atoms with Gasteiger partial charge >= 0.3 is 0 Å². The third-order valence-corrected chi connectivity index (χ3v) is 4.94. The minimum Gasteiger partial charge on any atom is -0.321 e. The molecule has 1 N–H and O–H groups in total. The van der Waals surface area contributed by atoms with Crippen LogP contribution in [0.3, 0.4) is 0 Å². The molecule has 0 spiro atoms. The first-order chi connectivity index (χ1) is 13.3. The minimum absolute atomic E-state index is 0.0722. The van der Waals surface area contributed by atoms with Crippen LogP contribution in [0.4, 0.5) is 5.69 Å². The largest absolute Gasteiger partial charge is 0.321 e. The molecule has 4 aromatic rings. The molecule has 130 valence electrons. The van der Waals surface area contributed by atoms with Crippen LogP contribution in [0.1, 0.15) is 4.88 Å². The highest BCUT2D eigenvalue weighted by molar-refractivity contribution is 7.10. The molecular weight excluding hydrogens is 356 g/mol. The van der Waals surface area contributed by atoms with Crippen LogP contribution in [0.2, 0.25) is 0 Å². The van der Waals surface area contributed by atoms with E-state index in [0.29, 0.717) is 5.69 Å². The number of nitrogens with zero attached hydrogens (tertiary/aromatic N) is 3. The number of carbonyl (C=O) groups excluding carboxylic acids is 1. The van der Waals surface area contributed by atoms with Crippen LogP contribution in [-0.4, -0.2) is 15.5 Å². The van der Waals surface area contributed by atoms with Gasteiger partial charge in [0.05, 0.1) is 11.2 Å². The van der Waals surface area contributed by atoms with Gasteiger partial charge in [-0.15, -0.1) is 11.3 Å². The summed E-state index contributed by atoms with van der Waals surface area (Å²) in [6, 6.07) is 17.2. The highest BCUT2D eigenvalue weighted by Gasteiger charge is 2.13. The molecule has 0 unspecified atom stereocenters. The van der Waals surface area contributed by atoms with Gasteiger partial charge in [0.25, 0.3) is 5.91 Å². The summed E-state index contributed by atoms with van der Waals surface area (Å²) in [5, 5.41) is 15.0. The highest BCUT2D eigenvalue weighted by atomic mass is 32.1. The normalized spacial score (nSPS) is 11.3. The van der Waals surface area contributed by atoms with Crippen LogP contribution in [0.25, 0.3) is 22.7 Å². The number of carbonyl (C=O) groups is 1. The second kappa shape index (κ2) is 7.28. The SMILES string of the molecule is N#CC(=Cc1cccs1)C(=O)Nc1cccc2c1ccn2-c1ccncc1. The van der Waals surface area contributed by atoms with Crippen LogP contribution in [0, 0.1) is 11.3 Å². The Bertz CT molecular complexity index is 1170. The van der Waals surface area contributed by atoms with Gasteiger partial charge in [0.15, 0.2) is 0 Å². The minimum atomic E-state index is -0.421. The number of fused-ring (bicyclic) bond motifs is 1. The van der Waals surface area contributed by atoms with Gasteiger partial charge in [-0.2, -0.15) is 5.26 Å². The van der Waals surface area contributed by atoms with Crippen molar-refractivity contribution < 1.29 is 4.79 Å². The summed E-state index contributed by atoms with van der Waals surface area (Å²) in [6.45, 7) is 0. The lowest BCUT2D eigenvalue weighted by Crippen LogP contribution is -2.13. The van der Waals surface area contributed by atoms with Gasteiger partial charge in [0.2, 0.25) is 0 Å². The summed E-state index contributed by atoms with van der Waals surface area (Å²) < 4.78 is 2.03. The van der Waals surface area contributed by atoms with Crippen LogP contribution in [0.5, 0.6) is 0 Å². The second-order valence-electron chi connectivity index (χ2n) is 5.77. The molecule has 0 atom stereocenters. The van der Waals surface area contributed by atoms with Crippen LogP contribution in [-0.2, 0) is 4.79 Å². The Morgan fingerprint density at radius 3 is 2.74 bits per heavy atom. The van der Waals surface area contributed by atoms with Gasteiger partial charge in [0.1, 0.15) is 11.6 Å². The summed E-state index contributed by atoms with van der Waals surface area (Å²) in [4.78, 5) is 17.5. The Hall–Kier alpha value is -3.69. The number of rotatable bonds is 4. The first-order valence-electron chi connectivity index (χ1n) is 8.23. The lowest BCUT2D eigenvalue weighted by atomic mass is 10.2. The number of hydrogen-bond acceptors (Lipinski definition) is 4. The number of amides is 1. The number of nitrogens with one attached hydrogen (secondary N) is 1. The van der Waals surface area contributed by atoms with Crippen molar-refractivity contribution >= 4 is 39.9 Å². The average molecular weight is 370 g/mol. The van der Waals surface area contributed by atoms with Crippen LogP contribution >= 0.6 is 11.3 Å². The molecule has 0 radical (unpaired) electrons. The molecule has 3 aromatic heterocycles. The standard InChI is InChI=1S/C21H14N4OS/c22-14-15(13-17-3-2-12-27-17)21(26)24-19-4-1-5-20-18(19)8-11-25(20)16-6-9-23-10-7-16/h1-13H,(H,24,26). The van der Waals surface area contributed by atoms with Gasteiger partial charge in [-0.05, 0) is 47.9 Å². The number of pyridine rings is 1. The van der Waals surface area contributed by atoms with E-state index in [1.54, 1.807) is 18.5 Å². The number of anilines is 1. The number of benzene rings is 1. The topological polar surface area (TPSA) is 70.7 Å². The Balaban J connectivity index is 1.68. The van der Waals surface area contributed by atoms with Crippen molar-refractivity contribution in [1.82, 2.24) is 9.55 Å². The van der Waals surface area contributed by atoms with Crippen molar-refractivity contribution in [3.05, 3.63) is 83.0 Å². The monoisotopic (exact) mass is 370 g/mol. The van der Waals surface area contributed by atoms with Crippen molar-refractivity contribution in [2.24, 2.45) is 0 Å². The third kappa shape index (κ3) is 3.36. The third-order valence-electron chi connectivity index (χ3n) is 4.12. The molecule has 1 aromatic carbocycles. The molecule has 27 heavy (non-hydrogen) atoms. The Morgan fingerprint density at radius 1 is 1.15 bits per heavy atom. The quantitative estimate of drug-likeness (QED) is 0.420. The van der Waals surface area contributed by atoms with Gasteiger partial charge in [0, 0.05) is 34.5 Å². The van der Waals surface area contributed by atoms with E-state index in [0.717, 1.165) is 21.5 Å². The number of thiophene rings is 1. The lowest BCUT2D eigenvalue weighted by molar-refractivity contribution is -0.112. The van der Waals surface area contributed by atoms with Crippen molar-refractivity contribution in [3.8, 4) is 11.8 Å². The maximum absolute atomic E-state index is 12.6. The molecule has 5 nitrogen and oxygen atoms in total. The molecule has 0 saturated carbocycles. The molecule has 0 aliphatic rings. The zero-order valence-electron chi connectivity index (χ0n) is 14.2. The molecule has 4 rings (SSSR count). The molecule has 0 aliphatic carbocycles. The molecular formula is C21H14N4OS. The Morgan fingerprint density at radius 2 is 2.00 bits per heavy atom. The molecule has 0 fully saturated rings. The maximum Gasteiger partial charge on any atom is 0.266 e. The number of aromatic nitrogens is 2. The fourth-order valence-electron chi connectivity index (χ4n) is 2.86. The van der Waals surface area contributed by atoms with Gasteiger partial charge in [-0.3, -0.25) is 9.78 Å². The molecule has 0 aliphatic heterocycles. The summed E-state index contributed by atoms with van der Waals surface area (Å²) in [6.07, 6.45) is 7.02. The maximum atomic E-state index is 12.6. The predicted octanol–water partition coefficient (Wildman–Crippen LogP) is 4.63. The van der Waals surface area contributed by atoms with Crippen molar-refractivity contribution in [2.45, 2.75) is 0 Å². The van der Waals surface area contributed by atoms with E-state index in [1.165, 1.54) is 11.3 Å². The molecule has 6 heteroatoms. The summed E-state index contributed by atoms with van der Waals surface area (Å²) in [7, 11) is 0. The first-order valence-corrected chi connectivity index (χ1v) is 9.11. The highest BCUT2D eigenvalue weighted by Crippen LogP contribution is 2.27. The number of nitriles is 1. The molecule has 1 amide bonds. The molecule has 0 bridgehead atoms. The van der Waals surface area contributed by atoms with Gasteiger partial charge in [-0.1, -0.05) is 12.1 Å². The smallest absolute Gasteiger partial charge is 0.266 e. The van der Waals surface area contributed by atoms with E-state index in [9.17, 15) is 10.1 Å². The second-order valence-corrected chi connectivity index (χ2v) is 6.75. The van der Waals surface area contributed by atoms with Crippen molar-refractivity contribution in [3.63, 3.8) is 0 Å². The van der Waals surface area contributed by atoms with E-state index < -0.39 is 5.91 Å². The number of hydrogen-bond donors (Lipinski definition) is 1. The zero-order chi connectivity index (χ0) is 18.6. The predicted molar refractivity (Wildman–Crippen MR) is 108 cm³/mol. The van der Waals surface area contributed by atoms with Gasteiger partial charge in [-0.25, -0.2) is 0 Å². The average Bonchev–Trinajstić information content (AvgIpc) is 3.37. The summed E-state index contributed by atoms with van der Waals surface area (Å²) in [5.74, 6) is -0.421. The zero-order valence-corrected chi connectivity index (χ0v) is 15.0. The summed E-state index contributed by atoms with van der Waals surface area (Å²) >= 11 is 1.48. The Labute approximate surface area is 159 Å².